The minimum Gasteiger partial charge on any atom is -0.475 e. The highest BCUT2D eigenvalue weighted by atomic mass is 19.4. The number of fused-ring (bicyclic) bond motifs is 1. The van der Waals surface area contributed by atoms with Gasteiger partial charge in [0.25, 0.3) is 5.56 Å². The van der Waals surface area contributed by atoms with E-state index in [1.54, 1.807) is 12.3 Å². The molecule has 4 rings (SSSR count). The summed E-state index contributed by atoms with van der Waals surface area (Å²) in [5.41, 5.74) is 0.678. The number of likely N-dealkylation sites (N-methyl/N-ethyl adjacent to an activating group) is 1. The minimum atomic E-state index is -5.08. The summed E-state index contributed by atoms with van der Waals surface area (Å²) in [6, 6.07) is 7.44. The lowest BCUT2D eigenvalue weighted by Crippen LogP contribution is -2.21. The molecule has 2 N–H and O–H groups in total. The van der Waals surface area contributed by atoms with E-state index in [9.17, 15) is 18.0 Å². The summed E-state index contributed by atoms with van der Waals surface area (Å²) < 4.78 is 37.2. The summed E-state index contributed by atoms with van der Waals surface area (Å²) in [5, 5.41) is 12.7. The van der Waals surface area contributed by atoms with Crippen molar-refractivity contribution in [2.75, 3.05) is 20.1 Å². The molecule has 0 amide bonds. The van der Waals surface area contributed by atoms with Crippen molar-refractivity contribution in [3.05, 3.63) is 46.7 Å². The van der Waals surface area contributed by atoms with Crippen LogP contribution in [0.1, 0.15) is 18.2 Å². The van der Waals surface area contributed by atoms with Gasteiger partial charge >= 0.3 is 12.1 Å². The number of rotatable bonds is 2. The van der Waals surface area contributed by atoms with Crippen LogP contribution in [-0.2, 0) is 4.79 Å². The summed E-state index contributed by atoms with van der Waals surface area (Å²) >= 11 is 0. The van der Waals surface area contributed by atoms with Crippen molar-refractivity contribution >= 4 is 16.7 Å². The lowest BCUT2D eigenvalue weighted by atomic mass is 10.1. The van der Waals surface area contributed by atoms with Gasteiger partial charge in [0.05, 0.1) is 5.92 Å². The van der Waals surface area contributed by atoms with E-state index in [2.05, 4.69) is 27.1 Å². The predicted octanol–water partition coefficient (Wildman–Crippen LogP) is 2.63. The monoisotopic (exact) mass is 410 g/mol. The zero-order valence-corrected chi connectivity index (χ0v) is 15.2. The first-order valence-corrected chi connectivity index (χ1v) is 8.60. The molecule has 1 atom stereocenters. The number of H-pyrrole nitrogens is 1. The number of carboxylic acid groups (broad SMARTS) is 1. The molecule has 0 aliphatic carbocycles. The van der Waals surface area contributed by atoms with Crippen molar-refractivity contribution in [1.29, 1.82) is 0 Å². The SMILES string of the molecule is CN1CCC(c2nc(-c3c[nH]c(=O)c4ccccc34)no2)C1.O=C(O)C(F)(F)F. The van der Waals surface area contributed by atoms with Crippen LogP contribution in [0.15, 0.2) is 39.8 Å². The van der Waals surface area contributed by atoms with Gasteiger partial charge in [0.15, 0.2) is 0 Å². The van der Waals surface area contributed by atoms with Crippen LogP contribution in [0.3, 0.4) is 0 Å². The molecule has 1 aliphatic rings. The summed E-state index contributed by atoms with van der Waals surface area (Å²) in [6.07, 6.45) is -2.40. The number of pyridine rings is 1. The maximum absolute atomic E-state index is 11.9. The topological polar surface area (TPSA) is 112 Å². The number of hydrogen-bond acceptors (Lipinski definition) is 6. The molecule has 11 heteroatoms. The lowest BCUT2D eigenvalue weighted by molar-refractivity contribution is -0.192. The fourth-order valence-corrected chi connectivity index (χ4v) is 3.04. The normalized spacial score (nSPS) is 17.2. The Morgan fingerprint density at radius 2 is 1.97 bits per heavy atom. The fourth-order valence-electron chi connectivity index (χ4n) is 3.04. The maximum atomic E-state index is 11.9. The number of carboxylic acids is 1. The van der Waals surface area contributed by atoms with Crippen molar-refractivity contribution < 1.29 is 27.6 Å². The van der Waals surface area contributed by atoms with E-state index in [4.69, 9.17) is 14.4 Å². The van der Waals surface area contributed by atoms with Gasteiger partial charge in [0, 0.05) is 23.7 Å². The number of aliphatic carboxylic acids is 1. The Bertz CT molecular complexity index is 1080. The van der Waals surface area contributed by atoms with E-state index < -0.39 is 12.1 Å². The van der Waals surface area contributed by atoms with E-state index in [1.807, 2.05) is 18.2 Å². The maximum Gasteiger partial charge on any atom is 0.490 e. The quantitative estimate of drug-likeness (QED) is 0.668. The van der Waals surface area contributed by atoms with E-state index >= 15 is 0 Å². The number of hydrogen-bond donors (Lipinski definition) is 2. The summed E-state index contributed by atoms with van der Waals surface area (Å²) in [5.74, 6) is -1.26. The van der Waals surface area contributed by atoms with E-state index in [0.29, 0.717) is 23.0 Å². The molecular weight excluding hydrogens is 393 g/mol. The molecule has 0 radical (unpaired) electrons. The van der Waals surface area contributed by atoms with Crippen LogP contribution in [0.25, 0.3) is 22.2 Å². The molecular formula is C18H17F3N4O4. The number of benzene rings is 1. The average Bonchev–Trinajstić information content (AvgIpc) is 3.31. The molecule has 2 aromatic heterocycles. The first-order chi connectivity index (χ1) is 13.7. The molecule has 1 aliphatic heterocycles. The number of nitrogens with one attached hydrogen (secondary N) is 1. The third kappa shape index (κ3) is 4.62. The van der Waals surface area contributed by atoms with E-state index in [1.165, 1.54) is 0 Å². The first-order valence-electron chi connectivity index (χ1n) is 8.60. The summed E-state index contributed by atoms with van der Waals surface area (Å²) in [7, 11) is 2.09. The molecule has 8 nitrogen and oxygen atoms in total. The number of likely N-dealkylation sites (tertiary alicyclic amines) is 1. The highest BCUT2D eigenvalue weighted by Crippen LogP contribution is 2.28. The Morgan fingerprint density at radius 3 is 2.55 bits per heavy atom. The van der Waals surface area contributed by atoms with Crippen molar-refractivity contribution in [3.8, 4) is 11.4 Å². The Balaban J connectivity index is 0.000000298. The minimum absolute atomic E-state index is 0.111. The summed E-state index contributed by atoms with van der Waals surface area (Å²) in [4.78, 5) is 30.3. The Morgan fingerprint density at radius 1 is 1.31 bits per heavy atom. The molecule has 1 unspecified atom stereocenters. The van der Waals surface area contributed by atoms with Gasteiger partial charge in [-0.15, -0.1) is 0 Å². The van der Waals surface area contributed by atoms with Crippen LogP contribution >= 0.6 is 0 Å². The highest BCUT2D eigenvalue weighted by molar-refractivity contribution is 5.93. The predicted molar refractivity (Wildman–Crippen MR) is 96.4 cm³/mol. The van der Waals surface area contributed by atoms with Gasteiger partial charge in [-0.3, -0.25) is 4.79 Å². The van der Waals surface area contributed by atoms with Crippen molar-refractivity contribution in [2.45, 2.75) is 18.5 Å². The van der Waals surface area contributed by atoms with E-state index in [0.717, 1.165) is 30.5 Å². The smallest absolute Gasteiger partial charge is 0.475 e. The number of nitrogens with zero attached hydrogens (tertiary/aromatic N) is 3. The van der Waals surface area contributed by atoms with Crippen LogP contribution in [0.4, 0.5) is 13.2 Å². The van der Waals surface area contributed by atoms with Gasteiger partial charge in [0.2, 0.25) is 11.7 Å². The van der Waals surface area contributed by atoms with Gasteiger partial charge in [-0.1, -0.05) is 23.4 Å². The average molecular weight is 410 g/mol. The fraction of sp³-hybridized carbons (Fsp3) is 0.333. The Labute approximate surface area is 162 Å². The zero-order valence-electron chi connectivity index (χ0n) is 15.2. The van der Waals surface area contributed by atoms with Gasteiger partial charge in [-0.2, -0.15) is 18.2 Å². The van der Waals surface area contributed by atoms with Crippen molar-refractivity contribution in [3.63, 3.8) is 0 Å². The van der Waals surface area contributed by atoms with Gasteiger partial charge in [0.1, 0.15) is 0 Å². The third-order valence-electron chi connectivity index (χ3n) is 4.48. The molecule has 1 fully saturated rings. The number of alkyl halides is 3. The second kappa shape index (κ2) is 8.03. The highest BCUT2D eigenvalue weighted by Gasteiger charge is 2.38. The molecule has 29 heavy (non-hydrogen) atoms. The van der Waals surface area contributed by atoms with Crippen LogP contribution in [-0.4, -0.2) is 57.4 Å². The molecule has 1 aromatic carbocycles. The van der Waals surface area contributed by atoms with Crippen LogP contribution in [0, 0.1) is 0 Å². The van der Waals surface area contributed by atoms with E-state index in [-0.39, 0.29) is 5.56 Å². The molecule has 0 spiro atoms. The molecule has 1 saturated heterocycles. The van der Waals surface area contributed by atoms with Gasteiger partial charge in [-0.25, -0.2) is 4.79 Å². The second-order valence-corrected chi connectivity index (χ2v) is 6.58. The van der Waals surface area contributed by atoms with Crippen LogP contribution < -0.4 is 5.56 Å². The lowest BCUT2D eigenvalue weighted by Gasteiger charge is -2.05. The standard InChI is InChI=1S/C16H16N4O2.C2HF3O2/c1-20-7-6-10(9-20)16-18-14(19-22-16)13-8-17-15(21)12-5-3-2-4-11(12)13;3-2(4,5)1(6)7/h2-5,8,10H,6-7,9H2,1H3,(H,17,21);(H,6,7). The number of aromatic nitrogens is 3. The molecule has 0 bridgehead atoms. The number of aromatic amines is 1. The molecule has 3 heterocycles. The van der Waals surface area contributed by atoms with Crippen molar-refractivity contribution in [2.24, 2.45) is 0 Å². The largest absolute Gasteiger partial charge is 0.490 e. The third-order valence-corrected chi connectivity index (χ3v) is 4.48. The van der Waals surface area contributed by atoms with Crippen molar-refractivity contribution in [1.82, 2.24) is 20.0 Å². The Hall–Kier alpha value is -3.21. The van der Waals surface area contributed by atoms with Gasteiger partial charge in [-0.05, 0) is 31.5 Å². The number of carbonyl (C=O) groups is 1. The van der Waals surface area contributed by atoms with Gasteiger partial charge < -0.3 is 19.5 Å². The summed E-state index contributed by atoms with van der Waals surface area (Å²) in [6.45, 7) is 1.98. The molecule has 154 valence electrons. The number of halogens is 3. The molecule has 0 saturated carbocycles. The zero-order chi connectivity index (χ0) is 21.2. The first kappa shape index (κ1) is 20.5. The molecule has 3 aromatic rings. The second-order valence-electron chi connectivity index (χ2n) is 6.58. The Kier molecular flexibility index (Phi) is 5.69. The van der Waals surface area contributed by atoms with Crippen LogP contribution in [0.5, 0.6) is 0 Å². The van der Waals surface area contributed by atoms with Crippen LogP contribution in [0.2, 0.25) is 0 Å².